The zero-order chi connectivity index (χ0) is 11.9. The summed E-state index contributed by atoms with van der Waals surface area (Å²) in [5, 5.41) is 8.55. The standard InChI is InChI=1S/C9H15F3O3/c1-2-15-6-4-3-5-7(13)8(14)9(10,11)12/h8,14H,2-6H2,1H3/t8-/m0/s1. The van der Waals surface area contributed by atoms with Gasteiger partial charge in [-0.3, -0.25) is 4.79 Å². The molecule has 1 atom stereocenters. The molecule has 0 fully saturated rings. The van der Waals surface area contributed by atoms with Gasteiger partial charge < -0.3 is 9.84 Å². The van der Waals surface area contributed by atoms with Crippen LogP contribution >= 0.6 is 0 Å². The van der Waals surface area contributed by atoms with Crippen molar-refractivity contribution in [1.82, 2.24) is 0 Å². The normalized spacial score (nSPS) is 13.9. The zero-order valence-corrected chi connectivity index (χ0v) is 8.51. The number of alkyl halides is 3. The molecule has 0 heterocycles. The molecule has 0 aromatic carbocycles. The summed E-state index contributed by atoms with van der Waals surface area (Å²) in [6, 6.07) is 0. The van der Waals surface area contributed by atoms with Crippen LogP contribution in [0, 0.1) is 0 Å². The van der Waals surface area contributed by atoms with E-state index in [1.54, 1.807) is 6.92 Å². The molecular formula is C9H15F3O3. The van der Waals surface area contributed by atoms with Gasteiger partial charge in [0.05, 0.1) is 0 Å². The monoisotopic (exact) mass is 228 g/mol. The minimum absolute atomic E-state index is 0.270. The Bertz CT molecular complexity index is 192. The zero-order valence-electron chi connectivity index (χ0n) is 8.51. The third-order valence-corrected chi connectivity index (χ3v) is 1.78. The first-order valence-corrected chi connectivity index (χ1v) is 4.74. The number of carbonyl (C=O) groups excluding carboxylic acids is 1. The smallest absolute Gasteiger partial charge is 0.382 e. The molecule has 0 bridgehead atoms. The molecule has 3 nitrogen and oxygen atoms in total. The molecule has 0 saturated carbocycles. The second-order valence-electron chi connectivity index (χ2n) is 3.06. The number of hydrogen-bond donors (Lipinski definition) is 1. The number of ether oxygens (including phenoxy) is 1. The molecule has 0 unspecified atom stereocenters. The Morgan fingerprint density at radius 1 is 1.40 bits per heavy atom. The van der Waals surface area contributed by atoms with Crippen LogP contribution in [0.1, 0.15) is 26.2 Å². The number of halogens is 3. The molecule has 0 aromatic heterocycles. The number of carbonyl (C=O) groups is 1. The van der Waals surface area contributed by atoms with E-state index in [0.29, 0.717) is 26.1 Å². The Morgan fingerprint density at radius 3 is 2.47 bits per heavy atom. The average Bonchev–Trinajstić information content (AvgIpc) is 2.14. The predicted octanol–water partition coefficient (Wildman–Crippen LogP) is 1.69. The molecule has 0 spiro atoms. The topological polar surface area (TPSA) is 46.5 Å². The lowest BCUT2D eigenvalue weighted by Gasteiger charge is -2.12. The summed E-state index contributed by atoms with van der Waals surface area (Å²) >= 11 is 0. The molecule has 0 saturated heterocycles. The van der Waals surface area contributed by atoms with Gasteiger partial charge in [-0.15, -0.1) is 0 Å². The fourth-order valence-electron chi connectivity index (χ4n) is 0.967. The molecule has 90 valence electrons. The van der Waals surface area contributed by atoms with Crippen molar-refractivity contribution in [1.29, 1.82) is 0 Å². The average molecular weight is 228 g/mol. The van der Waals surface area contributed by atoms with Crippen molar-refractivity contribution in [2.45, 2.75) is 38.5 Å². The van der Waals surface area contributed by atoms with Gasteiger partial charge in [-0.2, -0.15) is 13.2 Å². The fourth-order valence-corrected chi connectivity index (χ4v) is 0.967. The van der Waals surface area contributed by atoms with Gasteiger partial charge in [0.25, 0.3) is 0 Å². The largest absolute Gasteiger partial charge is 0.421 e. The van der Waals surface area contributed by atoms with Gasteiger partial charge in [0.1, 0.15) is 0 Å². The van der Waals surface area contributed by atoms with Crippen LogP contribution in [0.3, 0.4) is 0 Å². The number of unbranched alkanes of at least 4 members (excludes halogenated alkanes) is 1. The van der Waals surface area contributed by atoms with Crippen molar-refractivity contribution in [2.24, 2.45) is 0 Å². The minimum atomic E-state index is -4.85. The third kappa shape index (κ3) is 6.46. The van der Waals surface area contributed by atoms with Crippen LogP contribution in [-0.4, -0.2) is 36.4 Å². The van der Waals surface area contributed by atoms with E-state index in [1.165, 1.54) is 0 Å². The van der Waals surface area contributed by atoms with Gasteiger partial charge in [0.2, 0.25) is 6.10 Å². The SMILES string of the molecule is CCOCCCCC(=O)[C@H](O)C(F)(F)F. The quantitative estimate of drug-likeness (QED) is 0.674. The van der Waals surface area contributed by atoms with E-state index in [4.69, 9.17) is 9.84 Å². The maximum Gasteiger partial charge on any atom is 0.421 e. The van der Waals surface area contributed by atoms with Crippen LogP contribution in [0.2, 0.25) is 0 Å². The van der Waals surface area contributed by atoms with Gasteiger partial charge in [0, 0.05) is 19.6 Å². The van der Waals surface area contributed by atoms with E-state index in [2.05, 4.69) is 0 Å². The van der Waals surface area contributed by atoms with Crippen molar-refractivity contribution in [3.05, 3.63) is 0 Å². The molecule has 0 radical (unpaired) electrons. The summed E-state index contributed by atoms with van der Waals surface area (Å²) in [5.41, 5.74) is 0. The number of rotatable bonds is 7. The summed E-state index contributed by atoms with van der Waals surface area (Å²) in [6.45, 7) is 2.77. The molecule has 0 aliphatic carbocycles. The molecule has 0 aromatic rings. The van der Waals surface area contributed by atoms with Crippen molar-refractivity contribution in [3.8, 4) is 0 Å². The van der Waals surface area contributed by atoms with Crippen LogP contribution in [0.4, 0.5) is 13.2 Å². The van der Waals surface area contributed by atoms with Crippen molar-refractivity contribution < 1.29 is 27.8 Å². The van der Waals surface area contributed by atoms with E-state index < -0.39 is 18.1 Å². The Morgan fingerprint density at radius 2 is 2.00 bits per heavy atom. The summed E-state index contributed by atoms with van der Waals surface area (Å²) < 4.78 is 40.4. The lowest BCUT2D eigenvalue weighted by atomic mass is 10.1. The lowest BCUT2D eigenvalue weighted by Crippen LogP contribution is -2.36. The molecule has 0 aliphatic heterocycles. The van der Waals surface area contributed by atoms with Gasteiger partial charge in [0.15, 0.2) is 5.78 Å². The highest BCUT2D eigenvalue weighted by Crippen LogP contribution is 2.21. The number of ketones is 1. The predicted molar refractivity (Wildman–Crippen MR) is 47.4 cm³/mol. The minimum Gasteiger partial charge on any atom is -0.382 e. The van der Waals surface area contributed by atoms with Crippen LogP contribution in [-0.2, 0) is 9.53 Å². The highest BCUT2D eigenvalue weighted by Gasteiger charge is 2.42. The van der Waals surface area contributed by atoms with E-state index in [0.717, 1.165) is 0 Å². The molecular weight excluding hydrogens is 213 g/mol. The fraction of sp³-hybridized carbons (Fsp3) is 0.889. The van der Waals surface area contributed by atoms with E-state index in [-0.39, 0.29) is 6.42 Å². The number of hydrogen-bond acceptors (Lipinski definition) is 3. The molecule has 0 aliphatic rings. The number of aliphatic hydroxyl groups excluding tert-OH is 1. The highest BCUT2D eigenvalue weighted by atomic mass is 19.4. The van der Waals surface area contributed by atoms with Crippen LogP contribution in [0.15, 0.2) is 0 Å². The maximum atomic E-state index is 11.8. The molecule has 0 rings (SSSR count). The Kier molecular flexibility index (Phi) is 6.51. The van der Waals surface area contributed by atoms with Crippen molar-refractivity contribution in [2.75, 3.05) is 13.2 Å². The highest BCUT2D eigenvalue weighted by molar-refractivity contribution is 5.83. The molecule has 15 heavy (non-hydrogen) atoms. The second kappa shape index (κ2) is 6.79. The number of Topliss-reactive ketones (excluding diaryl/α,β-unsaturated/α-hetero) is 1. The van der Waals surface area contributed by atoms with E-state index in [9.17, 15) is 18.0 Å². The first kappa shape index (κ1) is 14.4. The maximum absolute atomic E-state index is 11.8. The van der Waals surface area contributed by atoms with Crippen LogP contribution < -0.4 is 0 Å². The Labute approximate surface area is 86.2 Å². The molecule has 0 amide bonds. The Hall–Kier alpha value is -0.620. The van der Waals surface area contributed by atoms with Gasteiger partial charge in [-0.1, -0.05) is 0 Å². The lowest BCUT2D eigenvalue weighted by molar-refractivity contribution is -0.203. The van der Waals surface area contributed by atoms with Crippen molar-refractivity contribution in [3.63, 3.8) is 0 Å². The second-order valence-corrected chi connectivity index (χ2v) is 3.06. The van der Waals surface area contributed by atoms with E-state index >= 15 is 0 Å². The number of aliphatic hydroxyl groups is 1. The van der Waals surface area contributed by atoms with Crippen LogP contribution in [0.25, 0.3) is 0 Å². The summed E-state index contributed by atoms with van der Waals surface area (Å²) in [6.07, 6.45) is -7.15. The molecule has 1 N–H and O–H groups in total. The molecule has 6 heteroatoms. The third-order valence-electron chi connectivity index (χ3n) is 1.78. The summed E-state index contributed by atoms with van der Waals surface area (Å²) in [5.74, 6) is -1.18. The summed E-state index contributed by atoms with van der Waals surface area (Å²) in [7, 11) is 0. The van der Waals surface area contributed by atoms with Gasteiger partial charge in [-0.05, 0) is 19.8 Å². The van der Waals surface area contributed by atoms with Gasteiger partial charge in [-0.25, -0.2) is 0 Å². The van der Waals surface area contributed by atoms with Crippen LogP contribution in [0.5, 0.6) is 0 Å². The van der Waals surface area contributed by atoms with Crippen molar-refractivity contribution >= 4 is 5.78 Å². The van der Waals surface area contributed by atoms with E-state index in [1.807, 2.05) is 0 Å². The van der Waals surface area contributed by atoms with Gasteiger partial charge >= 0.3 is 6.18 Å². The summed E-state index contributed by atoms with van der Waals surface area (Å²) in [4.78, 5) is 10.8. The first-order chi connectivity index (χ1) is 6.89. The Balaban J connectivity index is 3.66. The first-order valence-electron chi connectivity index (χ1n) is 4.74.